The summed E-state index contributed by atoms with van der Waals surface area (Å²) < 4.78 is 33.3. The van der Waals surface area contributed by atoms with Gasteiger partial charge in [-0.3, -0.25) is 18.6 Å². The zero-order valence-corrected chi connectivity index (χ0v) is 66.1. The van der Waals surface area contributed by atoms with Gasteiger partial charge in [0, 0.05) is 19.4 Å². The summed E-state index contributed by atoms with van der Waals surface area (Å²) in [6.07, 6.45) is 116. The molecule has 2 unspecified atom stereocenters. The van der Waals surface area contributed by atoms with Crippen LogP contribution in [0.4, 0.5) is 0 Å². The Balaban J connectivity index is 3.74. The van der Waals surface area contributed by atoms with E-state index in [0.29, 0.717) is 6.42 Å². The van der Waals surface area contributed by atoms with Gasteiger partial charge in [0.2, 0.25) is 0 Å². The van der Waals surface area contributed by atoms with Gasteiger partial charge in [0.15, 0.2) is 6.10 Å². The van der Waals surface area contributed by atoms with Crippen molar-refractivity contribution < 1.29 is 37.6 Å². The molecule has 0 aliphatic carbocycles. The van der Waals surface area contributed by atoms with Gasteiger partial charge in [-0.1, -0.05) is 413 Å². The van der Waals surface area contributed by atoms with Crippen LogP contribution in [0.5, 0.6) is 0 Å². The Bertz CT molecular complexity index is 1950. The van der Waals surface area contributed by atoms with E-state index in [9.17, 15) is 19.0 Å². The van der Waals surface area contributed by atoms with Crippen molar-refractivity contribution in [3.8, 4) is 0 Å². The van der Waals surface area contributed by atoms with Crippen LogP contribution in [0.1, 0.15) is 425 Å². The van der Waals surface area contributed by atoms with Crippen LogP contribution < -0.4 is 5.73 Å². The molecule has 0 aliphatic heterocycles. The number of allylic oxidation sites excluding steroid dienone is 16. The van der Waals surface area contributed by atoms with Crippen LogP contribution in [-0.4, -0.2) is 49.3 Å². The molecule has 0 spiro atoms. The number of esters is 2. The highest BCUT2D eigenvalue weighted by Crippen LogP contribution is 2.43. The highest BCUT2D eigenvalue weighted by atomic mass is 31.2. The first kappa shape index (κ1) is 95.9. The number of nitrogens with two attached hydrogens (primary N) is 1. The van der Waals surface area contributed by atoms with Crippen molar-refractivity contribution in [3.63, 3.8) is 0 Å². The molecular formula is C89H162NO8P. The lowest BCUT2D eigenvalue weighted by Gasteiger charge is -2.19. The van der Waals surface area contributed by atoms with Crippen LogP contribution in [0.25, 0.3) is 0 Å². The third-order valence-electron chi connectivity index (χ3n) is 19.0. The Hall–Kier alpha value is -3.07. The summed E-state index contributed by atoms with van der Waals surface area (Å²) in [5, 5.41) is 0. The lowest BCUT2D eigenvalue weighted by molar-refractivity contribution is -0.161. The molecule has 0 saturated heterocycles. The molecule has 0 saturated carbocycles. The second-order valence-corrected chi connectivity index (χ2v) is 30.1. The van der Waals surface area contributed by atoms with E-state index in [1.165, 1.54) is 315 Å². The number of rotatable bonds is 81. The number of carbonyl (C=O) groups is 2. The molecule has 99 heavy (non-hydrogen) atoms. The summed E-state index contributed by atoms with van der Waals surface area (Å²) in [7, 11) is -4.40. The largest absolute Gasteiger partial charge is 0.472 e. The molecule has 0 rings (SSSR count). The van der Waals surface area contributed by atoms with Crippen LogP contribution in [-0.2, 0) is 32.7 Å². The number of carbonyl (C=O) groups excluding carboxylic acids is 2. The quantitative estimate of drug-likeness (QED) is 0.0264. The molecule has 0 aromatic carbocycles. The van der Waals surface area contributed by atoms with Gasteiger partial charge in [0.25, 0.3) is 0 Å². The molecule has 9 nitrogen and oxygen atoms in total. The van der Waals surface area contributed by atoms with Gasteiger partial charge in [-0.05, 0) is 96.3 Å². The normalized spacial score (nSPS) is 13.3. The van der Waals surface area contributed by atoms with Crippen molar-refractivity contribution >= 4 is 19.8 Å². The van der Waals surface area contributed by atoms with Crippen LogP contribution in [0.3, 0.4) is 0 Å². The van der Waals surface area contributed by atoms with Crippen LogP contribution >= 0.6 is 7.82 Å². The zero-order chi connectivity index (χ0) is 71.5. The van der Waals surface area contributed by atoms with E-state index >= 15 is 0 Å². The van der Waals surface area contributed by atoms with Crippen LogP contribution in [0, 0.1) is 0 Å². The van der Waals surface area contributed by atoms with Gasteiger partial charge in [-0.15, -0.1) is 0 Å². The highest BCUT2D eigenvalue weighted by molar-refractivity contribution is 7.47. The van der Waals surface area contributed by atoms with E-state index in [-0.39, 0.29) is 38.6 Å². The number of hydrogen-bond acceptors (Lipinski definition) is 8. The monoisotopic (exact) mass is 1400 g/mol. The first-order chi connectivity index (χ1) is 48.8. The molecule has 3 N–H and O–H groups in total. The zero-order valence-electron chi connectivity index (χ0n) is 65.2. The predicted octanol–water partition coefficient (Wildman–Crippen LogP) is 29.0. The standard InChI is InChI=1S/C89H162NO8P/c1-3-5-7-9-11-13-15-17-19-21-23-25-27-29-31-33-35-37-39-41-42-43-44-46-48-50-52-54-56-58-60-62-64-66-68-70-72-74-76-78-80-82-89(92)98-87(86-97-99(93,94)96-84-83-90)85-95-88(91)81-79-77-75-73-71-69-67-65-63-61-59-57-55-53-51-49-47-45-40-38-36-34-32-30-28-26-24-22-20-18-16-14-12-10-8-6-4-2/h5,7,11,13,16-19,22-25,29,31,35,37,87H,3-4,6,8-10,12,14-15,20-21,26-28,30,32-34,36,38-86,90H2,1-2H3,(H,93,94)/b7-5-,13-11-,18-16-,19-17-,24-22-,25-23-,31-29-,37-35-. The van der Waals surface area contributed by atoms with Gasteiger partial charge in [0.1, 0.15) is 6.61 Å². The molecule has 0 fully saturated rings. The number of ether oxygens (including phenoxy) is 2. The maximum absolute atomic E-state index is 12.8. The van der Waals surface area contributed by atoms with Gasteiger partial charge < -0.3 is 20.1 Å². The summed E-state index contributed by atoms with van der Waals surface area (Å²) in [6, 6.07) is 0. The summed E-state index contributed by atoms with van der Waals surface area (Å²) in [5.41, 5.74) is 5.42. The molecule has 0 radical (unpaired) electrons. The minimum absolute atomic E-state index is 0.0543. The van der Waals surface area contributed by atoms with Gasteiger partial charge in [0.05, 0.1) is 13.2 Å². The number of phosphoric ester groups is 1. The van der Waals surface area contributed by atoms with E-state index < -0.39 is 26.5 Å². The molecule has 0 bridgehead atoms. The second-order valence-electron chi connectivity index (χ2n) is 28.7. The average molecular weight is 1410 g/mol. The Kier molecular flexibility index (Phi) is 81.3. The SMILES string of the molecule is CC/C=C\C/C=C\C/C=C\C/C=C\C/C=C\C/C=C\CCCCCCCCCCCCCCCCCCCCCCCCC(=O)OC(COC(=O)CCCCCCCCCCCCCCCCCCCCCCCCCCC/C=C\C/C=C\CCCCCCC)COP(=O)(O)OCCN. The lowest BCUT2D eigenvalue weighted by Crippen LogP contribution is -2.29. The smallest absolute Gasteiger partial charge is 0.462 e. The summed E-state index contributed by atoms with van der Waals surface area (Å²) >= 11 is 0. The Labute approximate surface area is 614 Å². The van der Waals surface area contributed by atoms with E-state index in [1.54, 1.807) is 0 Å². The van der Waals surface area contributed by atoms with Crippen molar-refractivity contribution in [3.05, 3.63) is 97.2 Å². The molecule has 0 heterocycles. The van der Waals surface area contributed by atoms with Gasteiger partial charge in [-0.25, -0.2) is 4.57 Å². The molecule has 2 atom stereocenters. The number of unbranched alkanes of at least 4 members (excludes halogenated alkanes) is 52. The molecule has 0 aliphatic rings. The molecule has 10 heteroatoms. The van der Waals surface area contributed by atoms with E-state index in [1.807, 2.05) is 0 Å². The van der Waals surface area contributed by atoms with Gasteiger partial charge >= 0.3 is 19.8 Å². The Morgan fingerprint density at radius 2 is 0.556 bits per heavy atom. The fourth-order valence-corrected chi connectivity index (χ4v) is 13.4. The predicted molar refractivity (Wildman–Crippen MR) is 432 cm³/mol. The fraction of sp³-hybridized carbons (Fsp3) is 0.798. The first-order valence-electron chi connectivity index (χ1n) is 42.7. The van der Waals surface area contributed by atoms with E-state index in [0.717, 1.165) is 77.0 Å². The molecular weight excluding hydrogens is 1240 g/mol. The van der Waals surface area contributed by atoms with E-state index in [4.69, 9.17) is 24.3 Å². The Morgan fingerprint density at radius 1 is 0.313 bits per heavy atom. The van der Waals surface area contributed by atoms with Crippen molar-refractivity contribution in [2.24, 2.45) is 5.73 Å². The third kappa shape index (κ3) is 83.8. The maximum Gasteiger partial charge on any atom is 0.472 e. The highest BCUT2D eigenvalue weighted by Gasteiger charge is 2.26. The summed E-state index contributed by atoms with van der Waals surface area (Å²) in [4.78, 5) is 35.5. The lowest BCUT2D eigenvalue weighted by atomic mass is 10.0. The van der Waals surface area contributed by atoms with Crippen LogP contribution in [0.15, 0.2) is 97.2 Å². The molecule has 0 aromatic heterocycles. The minimum atomic E-state index is -4.40. The molecule has 0 amide bonds. The van der Waals surface area contributed by atoms with Crippen molar-refractivity contribution in [2.45, 2.75) is 431 Å². The third-order valence-corrected chi connectivity index (χ3v) is 19.9. The average Bonchev–Trinajstić information content (AvgIpc) is 1.19. The fourth-order valence-electron chi connectivity index (χ4n) is 12.7. The first-order valence-corrected chi connectivity index (χ1v) is 44.2. The summed E-state index contributed by atoms with van der Waals surface area (Å²) in [5.74, 6) is -0.805. The van der Waals surface area contributed by atoms with Crippen molar-refractivity contribution in [1.29, 1.82) is 0 Å². The minimum Gasteiger partial charge on any atom is -0.462 e. The maximum atomic E-state index is 12.8. The summed E-state index contributed by atoms with van der Waals surface area (Å²) in [6.45, 7) is 3.69. The van der Waals surface area contributed by atoms with Crippen LogP contribution in [0.2, 0.25) is 0 Å². The second kappa shape index (κ2) is 83.9. The number of hydrogen-bond donors (Lipinski definition) is 2. The topological polar surface area (TPSA) is 134 Å². The number of phosphoric acid groups is 1. The van der Waals surface area contributed by atoms with E-state index in [2.05, 4.69) is 111 Å². The molecule has 0 aromatic rings. The van der Waals surface area contributed by atoms with Gasteiger partial charge in [-0.2, -0.15) is 0 Å². The van der Waals surface area contributed by atoms with Crippen molar-refractivity contribution in [1.82, 2.24) is 0 Å². The molecule has 576 valence electrons. The Morgan fingerprint density at radius 3 is 0.828 bits per heavy atom. The van der Waals surface area contributed by atoms with Crippen molar-refractivity contribution in [2.75, 3.05) is 26.4 Å².